The Morgan fingerprint density at radius 1 is 1.12 bits per heavy atom. The van der Waals surface area contributed by atoms with Crippen LogP contribution in [0.4, 0.5) is 4.79 Å². The third-order valence-corrected chi connectivity index (χ3v) is 4.72. The molecule has 128 valence electrons. The second-order valence-electron chi connectivity index (χ2n) is 6.27. The number of hydrogen-bond acceptors (Lipinski definition) is 2. The lowest BCUT2D eigenvalue weighted by Crippen LogP contribution is -2.55. The van der Waals surface area contributed by atoms with Crippen LogP contribution in [0.25, 0.3) is 0 Å². The fourth-order valence-corrected chi connectivity index (χ4v) is 3.36. The number of carbonyl (C=O) groups excluding carboxylic acids is 1. The summed E-state index contributed by atoms with van der Waals surface area (Å²) in [6.45, 7) is 3.15. The number of urea groups is 1. The van der Waals surface area contributed by atoms with Crippen molar-refractivity contribution in [2.24, 2.45) is 0 Å². The summed E-state index contributed by atoms with van der Waals surface area (Å²) in [5, 5.41) is 4.60. The molecule has 5 nitrogen and oxygen atoms in total. The average Bonchev–Trinajstić information content (AvgIpc) is 3.16. The first-order chi connectivity index (χ1) is 11.8. The number of likely N-dealkylation sites (tertiary alicyclic amines) is 1. The van der Waals surface area contributed by atoms with Crippen LogP contribution in [-0.2, 0) is 6.42 Å². The van der Waals surface area contributed by atoms with E-state index in [0.717, 1.165) is 38.9 Å². The van der Waals surface area contributed by atoms with E-state index in [2.05, 4.69) is 40.5 Å². The number of carbonyl (C=O) groups is 1. The highest BCUT2D eigenvalue weighted by Crippen LogP contribution is 2.17. The van der Waals surface area contributed by atoms with E-state index < -0.39 is 0 Å². The summed E-state index contributed by atoms with van der Waals surface area (Å²) in [6, 6.07) is 14.7. The van der Waals surface area contributed by atoms with Gasteiger partial charge < -0.3 is 10.2 Å². The van der Waals surface area contributed by atoms with Gasteiger partial charge in [0.15, 0.2) is 0 Å². The van der Waals surface area contributed by atoms with Crippen molar-refractivity contribution in [3.63, 3.8) is 0 Å². The molecule has 0 atom stereocenters. The van der Waals surface area contributed by atoms with Gasteiger partial charge >= 0.3 is 6.03 Å². The number of piperidine rings is 1. The van der Waals surface area contributed by atoms with Gasteiger partial charge in [-0.1, -0.05) is 30.3 Å². The normalized spacial score (nSPS) is 16.0. The number of nitrogens with zero attached hydrogens (tertiary/aromatic N) is 3. The molecule has 0 radical (unpaired) electrons. The van der Waals surface area contributed by atoms with Crippen LogP contribution in [0.1, 0.15) is 18.4 Å². The Morgan fingerprint density at radius 3 is 2.42 bits per heavy atom. The minimum atomic E-state index is -0.0473. The van der Waals surface area contributed by atoms with Crippen LogP contribution in [0.3, 0.4) is 0 Å². The standard InChI is InChI=1S/C19H26N4O/c1-20-19(24)23(22-12-5-6-13-22)18-10-15-21(16-11-18)14-9-17-7-3-2-4-8-17/h2-8,12-13,18H,9-11,14-16H2,1H3,(H,20,24). The average molecular weight is 326 g/mol. The van der Waals surface area contributed by atoms with Gasteiger partial charge in [-0.2, -0.15) is 0 Å². The summed E-state index contributed by atoms with van der Waals surface area (Å²) in [7, 11) is 1.69. The van der Waals surface area contributed by atoms with Crippen molar-refractivity contribution in [1.82, 2.24) is 14.9 Å². The Hall–Kier alpha value is -2.27. The highest BCUT2D eigenvalue weighted by Gasteiger charge is 2.28. The second kappa shape index (κ2) is 8.02. The van der Waals surface area contributed by atoms with Gasteiger partial charge in [-0.25, -0.2) is 9.80 Å². The molecule has 1 aromatic heterocycles. The maximum Gasteiger partial charge on any atom is 0.336 e. The summed E-state index contributed by atoms with van der Waals surface area (Å²) in [5.74, 6) is 0. The van der Waals surface area contributed by atoms with Crippen molar-refractivity contribution in [3.8, 4) is 0 Å². The van der Waals surface area contributed by atoms with E-state index in [1.54, 1.807) is 7.05 Å². The SMILES string of the molecule is CNC(=O)N(C1CCN(CCc2ccccc2)CC1)n1cccc1. The molecule has 1 saturated heterocycles. The van der Waals surface area contributed by atoms with Gasteiger partial charge in [0.1, 0.15) is 0 Å². The van der Waals surface area contributed by atoms with Gasteiger partial charge in [-0.15, -0.1) is 0 Å². The molecule has 24 heavy (non-hydrogen) atoms. The van der Waals surface area contributed by atoms with E-state index in [0.29, 0.717) is 0 Å². The Balaban J connectivity index is 1.54. The summed E-state index contributed by atoms with van der Waals surface area (Å²) >= 11 is 0. The largest absolute Gasteiger partial charge is 0.340 e. The molecular formula is C19H26N4O. The maximum absolute atomic E-state index is 12.3. The van der Waals surface area contributed by atoms with Crippen molar-refractivity contribution in [1.29, 1.82) is 0 Å². The number of hydrogen-bond donors (Lipinski definition) is 1. The van der Waals surface area contributed by atoms with Gasteiger partial charge in [0.2, 0.25) is 0 Å². The molecule has 1 aromatic carbocycles. The number of nitrogens with one attached hydrogen (secondary N) is 1. The molecule has 0 bridgehead atoms. The van der Waals surface area contributed by atoms with Crippen molar-refractivity contribution >= 4 is 6.03 Å². The van der Waals surface area contributed by atoms with Crippen molar-refractivity contribution in [2.75, 3.05) is 31.7 Å². The molecular weight excluding hydrogens is 300 g/mol. The van der Waals surface area contributed by atoms with Crippen LogP contribution < -0.4 is 10.3 Å². The first-order valence-corrected chi connectivity index (χ1v) is 8.68. The zero-order valence-electron chi connectivity index (χ0n) is 14.3. The summed E-state index contributed by atoms with van der Waals surface area (Å²) < 4.78 is 1.89. The molecule has 2 heterocycles. The Morgan fingerprint density at radius 2 is 1.79 bits per heavy atom. The quantitative estimate of drug-likeness (QED) is 0.917. The number of amides is 2. The van der Waals surface area contributed by atoms with Crippen LogP contribution in [-0.4, -0.2) is 48.3 Å². The minimum absolute atomic E-state index is 0.0473. The third kappa shape index (κ3) is 3.97. The van der Waals surface area contributed by atoms with Gasteiger partial charge in [0.25, 0.3) is 0 Å². The molecule has 1 aliphatic heterocycles. The molecule has 1 aliphatic rings. The molecule has 0 saturated carbocycles. The highest BCUT2D eigenvalue weighted by molar-refractivity contribution is 5.84. The van der Waals surface area contributed by atoms with Gasteiger partial charge in [0.05, 0.1) is 6.04 Å². The van der Waals surface area contributed by atoms with E-state index in [9.17, 15) is 4.79 Å². The molecule has 3 rings (SSSR count). The monoisotopic (exact) mass is 326 g/mol. The highest BCUT2D eigenvalue weighted by atomic mass is 16.2. The van der Waals surface area contributed by atoms with Crippen LogP contribution in [0, 0.1) is 0 Å². The van der Waals surface area contributed by atoms with Gasteiger partial charge in [-0.3, -0.25) is 4.68 Å². The minimum Gasteiger partial charge on any atom is -0.340 e. The van der Waals surface area contributed by atoms with Gasteiger partial charge in [0, 0.05) is 39.1 Å². The summed E-state index contributed by atoms with van der Waals surface area (Å²) in [4.78, 5) is 14.8. The summed E-state index contributed by atoms with van der Waals surface area (Å²) in [5.41, 5.74) is 1.39. The van der Waals surface area contributed by atoms with Crippen LogP contribution in [0.2, 0.25) is 0 Å². The Kier molecular flexibility index (Phi) is 5.54. The van der Waals surface area contributed by atoms with Crippen LogP contribution >= 0.6 is 0 Å². The van der Waals surface area contributed by atoms with E-state index >= 15 is 0 Å². The predicted molar refractivity (Wildman–Crippen MR) is 96.7 cm³/mol. The zero-order chi connectivity index (χ0) is 16.8. The topological polar surface area (TPSA) is 40.5 Å². The van der Waals surface area contributed by atoms with Crippen LogP contribution in [0.5, 0.6) is 0 Å². The van der Waals surface area contributed by atoms with Gasteiger partial charge in [-0.05, 0) is 37.0 Å². The fraction of sp³-hybridized carbons (Fsp3) is 0.421. The van der Waals surface area contributed by atoms with Crippen molar-refractivity contribution < 1.29 is 4.79 Å². The molecule has 5 heteroatoms. The number of benzene rings is 1. The lowest BCUT2D eigenvalue weighted by atomic mass is 10.0. The predicted octanol–water partition coefficient (Wildman–Crippen LogP) is 2.47. The smallest absolute Gasteiger partial charge is 0.336 e. The molecule has 0 aliphatic carbocycles. The molecule has 0 spiro atoms. The molecule has 2 aromatic rings. The second-order valence-corrected chi connectivity index (χ2v) is 6.27. The van der Waals surface area contributed by atoms with Crippen molar-refractivity contribution in [3.05, 3.63) is 60.4 Å². The Labute approximate surface area is 143 Å². The molecule has 1 fully saturated rings. The van der Waals surface area contributed by atoms with E-state index in [1.807, 2.05) is 34.2 Å². The first kappa shape index (κ1) is 16.6. The number of rotatable bonds is 5. The molecule has 2 amide bonds. The van der Waals surface area contributed by atoms with Crippen molar-refractivity contribution in [2.45, 2.75) is 25.3 Å². The number of aromatic nitrogens is 1. The van der Waals surface area contributed by atoms with E-state index in [4.69, 9.17) is 0 Å². The molecule has 0 unspecified atom stereocenters. The van der Waals surface area contributed by atoms with Crippen LogP contribution in [0.15, 0.2) is 54.9 Å². The molecule has 1 N–H and O–H groups in total. The zero-order valence-corrected chi connectivity index (χ0v) is 14.3. The lowest BCUT2D eigenvalue weighted by molar-refractivity contribution is 0.194. The lowest BCUT2D eigenvalue weighted by Gasteiger charge is -2.38. The van der Waals surface area contributed by atoms with E-state index in [-0.39, 0.29) is 12.1 Å². The fourth-order valence-electron chi connectivity index (χ4n) is 3.36. The van der Waals surface area contributed by atoms with E-state index in [1.165, 1.54) is 5.56 Å². The maximum atomic E-state index is 12.3. The third-order valence-electron chi connectivity index (χ3n) is 4.72. The first-order valence-electron chi connectivity index (χ1n) is 8.68. The summed E-state index contributed by atoms with van der Waals surface area (Å²) in [6.07, 6.45) is 6.94. The Bertz CT molecular complexity index is 618.